The fraction of sp³-hybridized carbons (Fsp3) is 0.300. The fourth-order valence-corrected chi connectivity index (χ4v) is 3.24. The lowest BCUT2D eigenvalue weighted by atomic mass is 10.1. The molecule has 32 heavy (non-hydrogen) atoms. The van der Waals surface area contributed by atoms with Crippen molar-refractivity contribution in [2.75, 3.05) is 26.1 Å². The number of methoxy groups -OCH3 is 1. The summed E-state index contributed by atoms with van der Waals surface area (Å²) in [4.78, 5) is 33.2. The Bertz CT molecular complexity index is 1040. The summed E-state index contributed by atoms with van der Waals surface area (Å²) in [7, 11) is 2.92. The molecule has 0 spiro atoms. The number of oxime groups is 1. The van der Waals surface area contributed by atoms with Crippen molar-refractivity contribution in [3.8, 4) is 11.5 Å². The number of carbonyl (C=O) groups is 2. The molecule has 10 nitrogen and oxygen atoms in total. The molecule has 2 aromatic rings. The van der Waals surface area contributed by atoms with Crippen molar-refractivity contribution in [3.63, 3.8) is 0 Å². The number of amides is 2. The molecule has 1 aromatic carbocycles. The first-order valence-corrected chi connectivity index (χ1v) is 10.1. The number of aromatic nitrogens is 1. The molecule has 0 radical (unpaired) electrons. The molecule has 1 aromatic heterocycles. The van der Waals surface area contributed by atoms with Crippen LogP contribution in [0.2, 0.25) is 10.0 Å². The molecule has 12 heteroatoms. The maximum Gasteiger partial charge on any atom is 0.410 e. The number of pyridine rings is 1. The second-order valence-corrected chi connectivity index (χ2v) is 7.60. The van der Waals surface area contributed by atoms with Gasteiger partial charge in [0, 0.05) is 31.9 Å². The van der Waals surface area contributed by atoms with Crippen molar-refractivity contribution in [2.45, 2.75) is 19.1 Å². The zero-order chi connectivity index (χ0) is 23.3. The molecule has 2 N–H and O–H groups in total. The number of rotatable bonds is 7. The Morgan fingerprint density at radius 1 is 1.22 bits per heavy atom. The minimum Gasteiger partial charge on any atom is -0.493 e. The maximum absolute atomic E-state index is 12.7. The SMILES string of the molecule is CNC(=O)OC1(C)CC(COc2cc(C(=O)Nc3c(Cl)cncc3Cl)ccc2OC)=NO1. The van der Waals surface area contributed by atoms with Crippen LogP contribution in [-0.4, -0.2) is 49.2 Å². The highest BCUT2D eigenvalue weighted by atomic mass is 35.5. The molecule has 0 saturated heterocycles. The smallest absolute Gasteiger partial charge is 0.410 e. The minimum absolute atomic E-state index is 0.0239. The lowest BCUT2D eigenvalue weighted by molar-refractivity contribution is -0.170. The van der Waals surface area contributed by atoms with Crippen LogP contribution < -0.4 is 20.1 Å². The number of benzene rings is 1. The molecule has 170 valence electrons. The van der Waals surface area contributed by atoms with Gasteiger partial charge >= 0.3 is 6.09 Å². The third-order valence-electron chi connectivity index (χ3n) is 4.32. The monoisotopic (exact) mass is 482 g/mol. The number of nitrogens with zero attached hydrogens (tertiary/aromatic N) is 2. The van der Waals surface area contributed by atoms with Crippen molar-refractivity contribution in [3.05, 3.63) is 46.2 Å². The number of ether oxygens (including phenoxy) is 3. The summed E-state index contributed by atoms with van der Waals surface area (Å²) in [6, 6.07) is 4.66. The largest absolute Gasteiger partial charge is 0.493 e. The molecular weight excluding hydrogens is 463 g/mol. The number of nitrogens with one attached hydrogen (secondary N) is 2. The van der Waals surface area contributed by atoms with Crippen LogP contribution >= 0.6 is 23.2 Å². The summed E-state index contributed by atoms with van der Waals surface area (Å²) in [5, 5.41) is 9.32. The quantitative estimate of drug-likeness (QED) is 0.613. The van der Waals surface area contributed by atoms with Gasteiger partial charge in [-0.3, -0.25) is 9.78 Å². The third-order valence-corrected chi connectivity index (χ3v) is 4.89. The molecule has 0 saturated carbocycles. The van der Waals surface area contributed by atoms with Gasteiger partial charge in [0.25, 0.3) is 11.7 Å². The van der Waals surface area contributed by atoms with Crippen molar-refractivity contribution in [1.29, 1.82) is 0 Å². The Kier molecular flexibility index (Phi) is 7.26. The Morgan fingerprint density at radius 3 is 2.59 bits per heavy atom. The fourth-order valence-electron chi connectivity index (χ4n) is 2.78. The standard InChI is InChI=1S/C20H20Cl2N4O6/c1-20(31-19(28)23-2)7-12(26-32-20)10-30-16-6-11(4-5-15(16)29-3)18(27)25-17-13(21)8-24-9-14(17)22/h4-6,8-9H,7,10H2,1-3H3,(H,23,28)(H,24,25,27). The molecule has 0 fully saturated rings. The minimum atomic E-state index is -1.23. The van der Waals surface area contributed by atoms with Gasteiger partial charge in [-0.1, -0.05) is 28.4 Å². The van der Waals surface area contributed by atoms with E-state index in [0.717, 1.165) is 0 Å². The van der Waals surface area contributed by atoms with Crippen molar-refractivity contribution in [2.24, 2.45) is 5.16 Å². The maximum atomic E-state index is 12.7. The Labute approximate surface area is 193 Å². The summed E-state index contributed by atoms with van der Waals surface area (Å²) < 4.78 is 16.3. The molecule has 2 heterocycles. The van der Waals surface area contributed by atoms with Gasteiger partial charge < -0.3 is 29.7 Å². The first-order chi connectivity index (χ1) is 15.2. The topological polar surface area (TPSA) is 120 Å². The number of alkyl carbamates (subject to hydrolysis) is 1. The zero-order valence-corrected chi connectivity index (χ0v) is 18.9. The van der Waals surface area contributed by atoms with E-state index in [4.69, 9.17) is 42.3 Å². The molecule has 1 unspecified atom stereocenters. The van der Waals surface area contributed by atoms with Crippen molar-refractivity contribution < 1.29 is 28.6 Å². The van der Waals surface area contributed by atoms with E-state index in [2.05, 4.69) is 20.8 Å². The molecular formula is C20H20Cl2N4O6. The van der Waals surface area contributed by atoms with Crippen molar-refractivity contribution >= 4 is 46.6 Å². The van der Waals surface area contributed by atoms with Gasteiger partial charge in [0.15, 0.2) is 11.5 Å². The third kappa shape index (κ3) is 5.51. The molecule has 3 rings (SSSR count). The van der Waals surface area contributed by atoms with Gasteiger partial charge in [-0.05, 0) is 18.2 Å². The highest BCUT2D eigenvalue weighted by molar-refractivity contribution is 6.39. The first-order valence-electron chi connectivity index (χ1n) is 9.30. The van der Waals surface area contributed by atoms with E-state index in [1.54, 1.807) is 19.1 Å². The van der Waals surface area contributed by atoms with E-state index < -0.39 is 17.8 Å². The van der Waals surface area contributed by atoms with Crippen LogP contribution in [0.1, 0.15) is 23.7 Å². The predicted molar refractivity (Wildman–Crippen MR) is 118 cm³/mol. The number of anilines is 1. The molecule has 1 aliphatic rings. The molecule has 1 atom stereocenters. The van der Waals surface area contributed by atoms with Gasteiger partial charge in [0.1, 0.15) is 12.3 Å². The van der Waals surface area contributed by atoms with Gasteiger partial charge in [-0.15, -0.1) is 0 Å². The highest BCUT2D eigenvalue weighted by Crippen LogP contribution is 2.32. The predicted octanol–water partition coefficient (Wildman–Crippen LogP) is 3.88. The van der Waals surface area contributed by atoms with Gasteiger partial charge in [0.05, 0.1) is 29.3 Å². The van der Waals surface area contributed by atoms with E-state index in [-0.39, 0.29) is 34.3 Å². The van der Waals surface area contributed by atoms with Crippen LogP contribution in [0.5, 0.6) is 11.5 Å². The summed E-state index contributed by atoms with van der Waals surface area (Å²) in [6.07, 6.45) is 2.32. The van der Waals surface area contributed by atoms with Crippen LogP contribution in [0.15, 0.2) is 35.7 Å². The van der Waals surface area contributed by atoms with E-state index >= 15 is 0 Å². The molecule has 0 bridgehead atoms. The first kappa shape index (κ1) is 23.4. The van der Waals surface area contributed by atoms with E-state index in [0.29, 0.717) is 17.2 Å². The number of carbonyl (C=O) groups excluding carboxylic acids is 2. The van der Waals surface area contributed by atoms with E-state index in [1.165, 1.54) is 32.6 Å². The van der Waals surface area contributed by atoms with Gasteiger partial charge in [-0.2, -0.15) is 0 Å². The number of hydrogen-bond donors (Lipinski definition) is 2. The average molecular weight is 483 g/mol. The van der Waals surface area contributed by atoms with Crippen LogP contribution in [0.25, 0.3) is 0 Å². The van der Waals surface area contributed by atoms with Crippen LogP contribution in [0.3, 0.4) is 0 Å². The number of hydrogen-bond acceptors (Lipinski definition) is 8. The normalized spacial score (nSPS) is 17.1. The molecule has 0 aliphatic carbocycles. The lowest BCUT2D eigenvalue weighted by Crippen LogP contribution is -2.36. The van der Waals surface area contributed by atoms with Crippen LogP contribution in [0.4, 0.5) is 10.5 Å². The summed E-state index contributed by atoms with van der Waals surface area (Å²) in [6.45, 7) is 1.61. The highest BCUT2D eigenvalue weighted by Gasteiger charge is 2.38. The molecule has 2 amide bonds. The van der Waals surface area contributed by atoms with Gasteiger partial charge in [0.2, 0.25) is 0 Å². The van der Waals surface area contributed by atoms with Crippen LogP contribution in [0, 0.1) is 0 Å². The lowest BCUT2D eigenvalue weighted by Gasteiger charge is -2.21. The second-order valence-electron chi connectivity index (χ2n) is 6.79. The second kappa shape index (κ2) is 9.92. The number of halogens is 2. The Hall–Kier alpha value is -3.24. The molecule has 1 aliphatic heterocycles. The average Bonchev–Trinajstić information content (AvgIpc) is 3.14. The Balaban J connectivity index is 1.69. The summed E-state index contributed by atoms with van der Waals surface area (Å²) >= 11 is 12.1. The summed E-state index contributed by atoms with van der Waals surface area (Å²) in [5.74, 6) is -0.977. The summed E-state index contributed by atoms with van der Waals surface area (Å²) in [5.41, 5.74) is 1.03. The van der Waals surface area contributed by atoms with Gasteiger partial charge in [-0.25, -0.2) is 4.79 Å². The van der Waals surface area contributed by atoms with Crippen LogP contribution in [-0.2, 0) is 9.57 Å². The zero-order valence-electron chi connectivity index (χ0n) is 17.4. The van der Waals surface area contributed by atoms with E-state index in [1.807, 2.05) is 0 Å². The Morgan fingerprint density at radius 2 is 1.94 bits per heavy atom. The van der Waals surface area contributed by atoms with E-state index in [9.17, 15) is 9.59 Å². The van der Waals surface area contributed by atoms with Crippen molar-refractivity contribution in [1.82, 2.24) is 10.3 Å².